The number of aromatic nitrogens is 1. The minimum Gasteiger partial charge on any atom is -0.301 e. The summed E-state index contributed by atoms with van der Waals surface area (Å²) in [6.07, 6.45) is 2.02. The third-order valence-electron chi connectivity index (χ3n) is 4.37. The smallest absolute Gasteiger partial charge is 0.253 e. The lowest BCUT2D eigenvalue weighted by molar-refractivity contribution is -0.120. The van der Waals surface area contributed by atoms with E-state index >= 15 is 0 Å². The number of piperidine rings is 1. The summed E-state index contributed by atoms with van der Waals surface area (Å²) < 4.78 is 27.8. The van der Waals surface area contributed by atoms with Gasteiger partial charge < -0.3 is 5.32 Å². The van der Waals surface area contributed by atoms with E-state index in [2.05, 4.69) is 31.1 Å². The third kappa shape index (κ3) is 4.54. The number of amides is 1. The number of carbonyl (C=O) groups is 1. The van der Waals surface area contributed by atoms with Crippen molar-refractivity contribution in [3.05, 3.63) is 27.5 Å². The maximum atomic E-state index is 13.0. The van der Waals surface area contributed by atoms with Crippen molar-refractivity contribution in [1.29, 1.82) is 0 Å². The fraction of sp³-hybridized carbons (Fsp3) is 0.529. The zero-order valence-corrected chi connectivity index (χ0v) is 18.6. The van der Waals surface area contributed by atoms with Gasteiger partial charge in [-0.2, -0.15) is 4.31 Å². The van der Waals surface area contributed by atoms with E-state index < -0.39 is 16.1 Å². The lowest BCUT2D eigenvalue weighted by Crippen LogP contribution is -2.49. The molecule has 10 heteroatoms. The largest absolute Gasteiger partial charge is 0.301 e. The maximum absolute atomic E-state index is 13.0. The molecule has 0 aliphatic carbocycles. The van der Waals surface area contributed by atoms with Crippen LogP contribution >= 0.6 is 34.3 Å². The van der Waals surface area contributed by atoms with Crippen LogP contribution in [0.1, 0.15) is 45.7 Å². The Morgan fingerprint density at radius 2 is 2.07 bits per heavy atom. The summed E-state index contributed by atoms with van der Waals surface area (Å²) in [6, 6.07) is 2.30. The Morgan fingerprint density at radius 3 is 2.67 bits per heavy atom. The van der Waals surface area contributed by atoms with Crippen molar-refractivity contribution < 1.29 is 13.2 Å². The molecule has 148 valence electrons. The number of thiazole rings is 1. The zero-order valence-electron chi connectivity index (χ0n) is 15.4. The topological polar surface area (TPSA) is 79.4 Å². The molecule has 1 aliphatic heterocycles. The van der Waals surface area contributed by atoms with Crippen molar-refractivity contribution in [1.82, 2.24) is 9.29 Å². The van der Waals surface area contributed by atoms with E-state index in [0.717, 1.165) is 29.9 Å². The average molecular weight is 448 g/mol. The number of sulfonamides is 1. The molecular formula is C17H22ClN3O3S3. The van der Waals surface area contributed by atoms with Crippen molar-refractivity contribution in [2.24, 2.45) is 0 Å². The van der Waals surface area contributed by atoms with Crippen LogP contribution in [0.25, 0.3) is 0 Å². The molecule has 2 aromatic heterocycles. The van der Waals surface area contributed by atoms with Gasteiger partial charge in [0, 0.05) is 17.3 Å². The Morgan fingerprint density at radius 1 is 1.33 bits per heavy atom. The van der Waals surface area contributed by atoms with Gasteiger partial charge in [-0.15, -0.1) is 22.7 Å². The Bertz CT molecular complexity index is 931. The van der Waals surface area contributed by atoms with Gasteiger partial charge in [0.2, 0.25) is 5.91 Å². The first-order valence-corrected chi connectivity index (χ1v) is 12.1. The monoisotopic (exact) mass is 447 g/mol. The quantitative estimate of drug-likeness (QED) is 0.756. The van der Waals surface area contributed by atoms with Crippen LogP contribution in [0.4, 0.5) is 5.13 Å². The fourth-order valence-corrected chi connectivity index (χ4v) is 7.08. The Hall–Kier alpha value is -1.00. The van der Waals surface area contributed by atoms with Gasteiger partial charge in [-0.25, -0.2) is 13.4 Å². The predicted octanol–water partition coefficient (Wildman–Crippen LogP) is 4.34. The molecule has 0 saturated carbocycles. The zero-order chi connectivity index (χ0) is 19.8. The molecule has 1 fully saturated rings. The summed E-state index contributed by atoms with van der Waals surface area (Å²) >= 11 is 8.26. The number of anilines is 1. The first kappa shape index (κ1) is 20.7. The minimum absolute atomic E-state index is 0.113. The minimum atomic E-state index is -3.76. The summed E-state index contributed by atoms with van der Waals surface area (Å²) in [4.78, 5) is 17.3. The van der Waals surface area contributed by atoms with Crippen LogP contribution < -0.4 is 5.32 Å². The SMILES string of the molecule is CC(C)(C)c1csc(NC(=O)[C@@H]2CCCCN2S(=O)(=O)c2ccc(Cl)s2)n1. The van der Waals surface area contributed by atoms with E-state index in [-0.39, 0.29) is 15.5 Å². The number of rotatable bonds is 4. The number of thiophene rings is 1. The van der Waals surface area contributed by atoms with Gasteiger partial charge in [0.25, 0.3) is 10.0 Å². The van der Waals surface area contributed by atoms with E-state index in [9.17, 15) is 13.2 Å². The molecule has 27 heavy (non-hydrogen) atoms. The standard InChI is InChI=1S/C17H22ClN3O3S3/c1-17(2,3)12-10-25-16(19-12)20-15(22)11-6-4-5-9-21(11)27(23,24)14-8-7-13(18)26-14/h7-8,10-11H,4-6,9H2,1-3H3,(H,19,20,22)/t11-/m0/s1. The summed E-state index contributed by atoms with van der Waals surface area (Å²) in [7, 11) is -3.76. The first-order valence-electron chi connectivity index (χ1n) is 8.63. The van der Waals surface area contributed by atoms with Gasteiger partial charge in [-0.1, -0.05) is 38.8 Å². The summed E-state index contributed by atoms with van der Waals surface area (Å²) in [5.74, 6) is -0.337. The van der Waals surface area contributed by atoms with E-state index in [1.165, 1.54) is 21.7 Å². The normalized spacial score (nSPS) is 19.2. The lowest BCUT2D eigenvalue weighted by atomic mass is 9.93. The number of nitrogens with zero attached hydrogens (tertiary/aromatic N) is 2. The lowest BCUT2D eigenvalue weighted by Gasteiger charge is -2.32. The van der Waals surface area contributed by atoms with Crippen LogP contribution in [0.3, 0.4) is 0 Å². The average Bonchev–Trinajstić information content (AvgIpc) is 3.24. The highest BCUT2D eigenvalue weighted by atomic mass is 35.5. The van der Waals surface area contributed by atoms with E-state index in [1.807, 2.05) is 5.38 Å². The van der Waals surface area contributed by atoms with Crippen LogP contribution in [0.5, 0.6) is 0 Å². The highest BCUT2D eigenvalue weighted by Gasteiger charge is 2.38. The van der Waals surface area contributed by atoms with Crippen molar-refractivity contribution in [2.45, 2.75) is 55.7 Å². The highest BCUT2D eigenvalue weighted by molar-refractivity contribution is 7.91. The molecule has 6 nitrogen and oxygen atoms in total. The Kier molecular flexibility index (Phi) is 5.98. The third-order valence-corrected chi connectivity index (χ3v) is 8.74. The van der Waals surface area contributed by atoms with Crippen LogP contribution in [0.15, 0.2) is 21.7 Å². The van der Waals surface area contributed by atoms with Crippen LogP contribution in [-0.2, 0) is 20.2 Å². The molecule has 1 amide bonds. The molecule has 2 aromatic rings. The van der Waals surface area contributed by atoms with Gasteiger partial charge in [0.15, 0.2) is 5.13 Å². The molecule has 0 spiro atoms. The highest BCUT2D eigenvalue weighted by Crippen LogP contribution is 2.32. The molecule has 0 aromatic carbocycles. The molecule has 0 bridgehead atoms. The molecule has 1 N–H and O–H groups in total. The van der Waals surface area contributed by atoms with Gasteiger partial charge in [0.1, 0.15) is 10.3 Å². The van der Waals surface area contributed by atoms with Crippen molar-refractivity contribution in [3.8, 4) is 0 Å². The van der Waals surface area contributed by atoms with Crippen LogP contribution in [-0.4, -0.2) is 36.2 Å². The first-order chi connectivity index (χ1) is 12.6. The molecule has 3 heterocycles. The van der Waals surface area contributed by atoms with Crippen LogP contribution in [0.2, 0.25) is 4.34 Å². The van der Waals surface area contributed by atoms with Gasteiger partial charge in [-0.3, -0.25) is 4.79 Å². The predicted molar refractivity (Wildman–Crippen MR) is 110 cm³/mol. The fourth-order valence-electron chi connectivity index (χ4n) is 2.87. The number of hydrogen-bond acceptors (Lipinski definition) is 6. The summed E-state index contributed by atoms with van der Waals surface area (Å²) in [5.41, 5.74) is 0.780. The molecule has 1 aliphatic rings. The van der Waals surface area contributed by atoms with E-state index in [4.69, 9.17) is 11.6 Å². The second-order valence-corrected chi connectivity index (χ2v) is 12.2. The second kappa shape index (κ2) is 7.79. The summed E-state index contributed by atoms with van der Waals surface area (Å²) in [6.45, 7) is 6.47. The number of nitrogens with one attached hydrogen (secondary N) is 1. The molecule has 3 rings (SSSR count). The second-order valence-electron chi connectivity index (χ2n) is 7.46. The van der Waals surface area contributed by atoms with Gasteiger partial charge in [0.05, 0.1) is 10.0 Å². The van der Waals surface area contributed by atoms with Crippen LogP contribution in [0, 0.1) is 0 Å². The number of carbonyl (C=O) groups excluding carboxylic acids is 1. The number of halogens is 1. The van der Waals surface area contributed by atoms with E-state index in [1.54, 1.807) is 6.07 Å². The number of hydrogen-bond donors (Lipinski definition) is 1. The van der Waals surface area contributed by atoms with Crippen molar-refractivity contribution >= 4 is 55.3 Å². The van der Waals surface area contributed by atoms with Gasteiger partial charge >= 0.3 is 0 Å². The van der Waals surface area contributed by atoms with Gasteiger partial charge in [-0.05, 0) is 25.0 Å². The van der Waals surface area contributed by atoms with E-state index in [0.29, 0.717) is 22.4 Å². The molecule has 0 unspecified atom stereocenters. The Labute approximate surface area is 172 Å². The van der Waals surface area contributed by atoms with Crippen molar-refractivity contribution in [3.63, 3.8) is 0 Å². The molecule has 1 saturated heterocycles. The molecule has 1 atom stereocenters. The van der Waals surface area contributed by atoms with Crippen molar-refractivity contribution in [2.75, 3.05) is 11.9 Å². The maximum Gasteiger partial charge on any atom is 0.253 e. The summed E-state index contributed by atoms with van der Waals surface area (Å²) in [5, 5.41) is 5.21. The molecular weight excluding hydrogens is 426 g/mol. The molecule has 0 radical (unpaired) electrons. The Balaban J connectivity index is 1.81.